The summed E-state index contributed by atoms with van der Waals surface area (Å²) < 4.78 is 79.8. The molecule has 0 atom stereocenters. The van der Waals surface area contributed by atoms with Crippen molar-refractivity contribution in [2.75, 3.05) is 6.54 Å². The van der Waals surface area contributed by atoms with Crippen LogP contribution in [0.25, 0.3) is 11.0 Å². The number of rotatable bonds is 6. The first-order chi connectivity index (χ1) is 14.9. The van der Waals surface area contributed by atoms with Gasteiger partial charge in [-0.1, -0.05) is 24.3 Å². The van der Waals surface area contributed by atoms with Gasteiger partial charge in [0.2, 0.25) is 11.7 Å². The second-order valence-electron chi connectivity index (χ2n) is 6.85. The monoisotopic (exact) mass is 459 g/mol. The number of carbonyl (C=O) groups is 2. The third kappa shape index (κ3) is 5.18. The lowest BCUT2D eigenvalue weighted by Crippen LogP contribution is -2.38. The number of hydrogen-bond donors (Lipinski definition) is 1. The molecule has 1 amide bonds. The molecule has 0 aliphatic carbocycles. The van der Waals surface area contributed by atoms with Gasteiger partial charge in [-0.15, -0.1) is 0 Å². The van der Waals surface area contributed by atoms with Gasteiger partial charge in [-0.2, -0.15) is 26.3 Å². The molecular weight excluding hydrogens is 444 g/mol. The maximum absolute atomic E-state index is 13.4. The Kier molecular flexibility index (Phi) is 6.15. The maximum atomic E-state index is 13.4. The average Bonchev–Trinajstić information content (AvgIpc) is 3.06. The highest BCUT2D eigenvalue weighted by Crippen LogP contribution is 2.32. The summed E-state index contributed by atoms with van der Waals surface area (Å²) in [6, 6.07) is 9.45. The molecule has 1 N–H and O–H groups in total. The fourth-order valence-corrected chi connectivity index (χ4v) is 3.15. The highest BCUT2D eigenvalue weighted by atomic mass is 19.4. The molecule has 0 radical (unpaired) electrons. The highest BCUT2D eigenvalue weighted by molar-refractivity contribution is 5.84. The summed E-state index contributed by atoms with van der Waals surface area (Å²) in [5.41, 5.74) is -1.04. The molecule has 6 nitrogen and oxygen atoms in total. The van der Waals surface area contributed by atoms with E-state index in [-0.39, 0.29) is 16.6 Å². The summed E-state index contributed by atoms with van der Waals surface area (Å²) in [4.78, 5) is 28.2. The van der Waals surface area contributed by atoms with E-state index < -0.39 is 55.3 Å². The third-order valence-corrected chi connectivity index (χ3v) is 4.51. The molecule has 1 aromatic heterocycles. The summed E-state index contributed by atoms with van der Waals surface area (Å²) in [5.74, 6) is -3.85. The second-order valence-corrected chi connectivity index (χ2v) is 6.85. The van der Waals surface area contributed by atoms with E-state index in [0.717, 1.165) is 18.2 Å². The summed E-state index contributed by atoms with van der Waals surface area (Å²) in [6.45, 7) is -2.35. The van der Waals surface area contributed by atoms with Gasteiger partial charge >= 0.3 is 18.3 Å². The van der Waals surface area contributed by atoms with Gasteiger partial charge in [-0.05, 0) is 29.8 Å². The van der Waals surface area contributed by atoms with Crippen molar-refractivity contribution in [2.24, 2.45) is 0 Å². The number of imidazole rings is 1. The smallest absolute Gasteiger partial charge is 0.449 e. The number of amides is 1. The molecule has 0 spiro atoms. The summed E-state index contributed by atoms with van der Waals surface area (Å²) in [7, 11) is 0. The largest absolute Gasteiger partial charge is 0.480 e. The van der Waals surface area contributed by atoms with Gasteiger partial charge in [0.25, 0.3) is 0 Å². The number of halogens is 6. The fraction of sp³-hybridized carbons (Fsp3) is 0.250. The maximum Gasteiger partial charge on any atom is 0.449 e. The quantitative estimate of drug-likeness (QED) is 0.561. The Morgan fingerprint density at radius 1 is 0.969 bits per heavy atom. The van der Waals surface area contributed by atoms with E-state index in [4.69, 9.17) is 5.11 Å². The van der Waals surface area contributed by atoms with Crippen LogP contribution in [-0.2, 0) is 35.0 Å². The predicted molar refractivity (Wildman–Crippen MR) is 99.2 cm³/mol. The SMILES string of the molecule is O=C(O)CN(Cc1cccc(C(F)(F)F)c1)C(=O)Cn1c(C(F)(F)F)nc2ccccc21. The van der Waals surface area contributed by atoms with Gasteiger partial charge in [0.05, 0.1) is 16.6 Å². The minimum absolute atomic E-state index is 0.00233. The van der Waals surface area contributed by atoms with Crippen LogP contribution in [0.15, 0.2) is 48.5 Å². The van der Waals surface area contributed by atoms with E-state index in [1.807, 2.05) is 0 Å². The number of hydrogen-bond acceptors (Lipinski definition) is 3. The Bertz CT molecular complexity index is 1150. The van der Waals surface area contributed by atoms with Crippen LogP contribution < -0.4 is 0 Å². The van der Waals surface area contributed by atoms with E-state index in [9.17, 15) is 35.9 Å². The molecule has 170 valence electrons. The molecule has 32 heavy (non-hydrogen) atoms. The lowest BCUT2D eigenvalue weighted by atomic mass is 10.1. The number of fused-ring (bicyclic) bond motifs is 1. The first kappa shape index (κ1) is 23.1. The van der Waals surface area contributed by atoms with Gasteiger partial charge in [-0.25, -0.2) is 4.98 Å². The highest BCUT2D eigenvalue weighted by Gasteiger charge is 2.38. The van der Waals surface area contributed by atoms with E-state index in [1.165, 1.54) is 30.3 Å². The molecule has 3 aromatic rings. The Morgan fingerprint density at radius 3 is 2.28 bits per heavy atom. The van der Waals surface area contributed by atoms with Crippen molar-refractivity contribution in [3.63, 3.8) is 0 Å². The van der Waals surface area contributed by atoms with E-state index in [2.05, 4.69) is 4.98 Å². The molecular formula is C20H15F6N3O3. The molecule has 0 aliphatic rings. The van der Waals surface area contributed by atoms with Crippen LogP contribution in [-0.4, -0.2) is 38.0 Å². The van der Waals surface area contributed by atoms with E-state index in [0.29, 0.717) is 9.47 Å². The van der Waals surface area contributed by atoms with Crippen LogP contribution in [0.2, 0.25) is 0 Å². The number of benzene rings is 2. The number of carboxylic acids is 1. The Morgan fingerprint density at radius 2 is 1.66 bits per heavy atom. The fourth-order valence-electron chi connectivity index (χ4n) is 3.15. The lowest BCUT2D eigenvalue weighted by Gasteiger charge is -2.22. The van der Waals surface area contributed by atoms with Gasteiger partial charge in [-0.3, -0.25) is 9.59 Å². The number of alkyl halides is 6. The molecule has 0 saturated heterocycles. The van der Waals surface area contributed by atoms with Crippen molar-refractivity contribution < 1.29 is 41.0 Å². The van der Waals surface area contributed by atoms with Gasteiger partial charge in [0, 0.05) is 6.54 Å². The molecule has 0 aliphatic heterocycles. The van der Waals surface area contributed by atoms with Crippen molar-refractivity contribution in [2.45, 2.75) is 25.4 Å². The molecule has 0 saturated carbocycles. The van der Waals surface area contributed by atoms with Crippen LogP contribution in [0.4, 0.5) is 26.3 Å². The van der Waals surface area contributed by atoms with Crippen molar-refractivity contribution >= 4 is 22.9 Å². The van der Waals surface area contributed by atoms with Crippen LogP contribution in [0.1, 0.15) is 17.0 Å². The zero-order valence-electron chi connectivity index (χ0n) is 16.1. The van der Waals surface area contributed by atoms with Crippen LogP contribution in [0.3, 0.4) is 0 Å². The van der Waals surface area contributed by atoms with E-state index >= 15 is 0 Å². The molecule has 0 fully saturated rings. The normalized spacial score (nSPS) is 12.2. The van der Waals surface area contributed by atoms with Gasteiger partial charge in [0.1, 0.15) is 13.1 Å². The van der Waals surface area contributed by atoms with Crippen molar-refractivity contribution in [1.29, 1.82) is 0 Å². The molecule has 12 heteroatoms. The number of carboxylic acid groups (broad SMARTS) is 1. The summed E-state index contributed by atoms with van der Waals surface area (Å²) in [6.07, 6.45) is -9.55. The summed E-state index contributed by atoms with van der Waals surface area (Å²) in [5, 5.41) is 9.10. The minimum Gasteiger partial charge on any atom is -0.480 e. The molecule has 0 bridgehead atoms. The topological polar surface area (TPSA) is 75.4 Å². The second kappa shape index (κ2) is 8.52. The van der Waals surface area contributed by atoms with Crippen LogP contribution in [0.5, 0.6) is 0 Å². The zero-order chi connectivity index (χ0) is 23.7. The number of para-hydroxylation sites is 2. The lowest BCUT2D eigenvalue weighted by molar-refractivity contribution is -0.150. The zero-order valence-corrected chi connectivity index (χ0v) is 16.1. The number of carbonyl (C=O) groups excluding carboxylic acids is 1. The molecule has 0 unspecified atom stereocenters. The molecule has 2 aromatic carbocycles. The number of aliphatic carboxylic acids is 1. The first-order valence-electron chi connectivity index (χ1n) is 9.04. The predicted octanol–water partition coefficient (Wildman–Crippen LogP) is 4.19. The Labute approximate surface area is 176 Å². The van der Waals surface area contributed by atoms with Crippen LogP contribution in [0, 0.1) is 0 Å². The van der Waals surface area contributed by atoms with E-state index in [1.54, 1.807) is 0 Å². The third-order valence-electron chi connectivity index (χ3n) is 4.51. The number of nitrogens with zero attached hydrogens (tertiary/aromatic N) is 3. The van der Waals surface area contributed by atoms with Crippen molar-refractivity contribution in [3.8, 4) is 0 Å². The minimum atomic E-state index is -4.89. The van der Waals surface area contributed by atoms with Crippen molar-refractivity contribution in [1.82, 2.24) is 14.5 Å². The summed E-state index contributed by atoms with van der Waals surface area (Å²) >= 11 is 0. The molecule has 1 heterocycles. The Balaban J connectivity index is 1.94. The van der Waals surface area contributed by atoms with Crippen LogP contribution >= 0.6 is 0 Å². The number of aromatic nitrogens is 2. The van der Waals surface area contributed by atoms with Gasteiger partial charge < -0.3 is 14.6 Å². The average molecular weight is 459 g/mol. The Hall–Kier alpha value is -3.57. The standard InChI is InChI=1S/C20H15F6N3O3/c21-19(22,23)13-5-3-4-12(8-13)9-28(11-17(31)32)16(30)10-29-15-7-2-1-6-14(15)27-18(29)20(24,25)26/h1-8H,9-11H2,(H,31,32). The molecule has 3 rings (SSSR count). The van der Waals surface area contributed by atoms with Gasteiger partial charge in [0.15, 0.2) is 0 Å². The first-order valence-corrected chi connectivity index (χ1v) is 9.04. The van der Waals surface area contributed by atoms with Crippen molar-refractivity contribution in [3.05, 3.63) is 65.5 Å².